The van der Waals surface area contributed by atoms with Crippen LogP contribution in [0.25, 0.3) is 0 Å². The van der Waals surface area contributed by atoms with Crippen molar-refractivity contribution >= 4 is 34.2 Å². The molecule has 0 radical (unpaired) electrons. The summed E-state index contributed by atoms with van der Waals surface area (Å²) in [6.45, 7) is 7.24. The molecule has 0 spiro atoms. The Kier molecular flexibility index (Phi) is 10.3. The van der Waals surface area contributed by atoms with E-state index in [0.29, 0.717) is 11.3 Å². The van der Waals surface area contributed by atoms with Gasteiger partial charge in [-0.3, -0.25) is 4.79 Å². The van der Waals surface area contributed by atoms with Crippen molar-refractivity contribution in [2.24, 2.45) is 21.5 Å². The molecule has 0 aliphatic rings. The summed E-state index contributed by atoms with van der Waals surface area (Å²) in [7, 11) is 1.32. The average molecular weight is 383 g/mol. The number of methoxy groups -OCH3 is 1. The number of hydrogen-bond acceptors (Lipinski definition) is 7. The molecule has 5 N–H and O–H groups in total. The number of allylic oxidation sites excluding steroid dienone is 2. The molecular formula is C16H25N5O4S. The van der Waals surface area contributed by atoms with Crippen LogP contribution >= 0.6 is 11.8 Å². The van der Waals surface area contributed by atoms with Crippen molar-refractivity contribution in [1.82, 2.24) is 0 Å². The molecule has 144 valence electrons. The molecule has 0 unspecified atom stereocenters. The minimum absolute atomic E-state index is 0. The van der Waals surface area contributed by atoms with E-state index in [1.807, 2.05) is 13.8 Å². The summed E-state index contributed by atoms with van der Waals surface area (Å²) in [4.78, 5) is 31.2. The van der Waals surface area contributed by atoms with E-state index in [0.717, 1.165) is 18.0 Å². The van der Waals surface area contributed by atoms with Crippen LogP contribution in [0.15, 0.2) is 37.0 Å². The van der Waals surface area contributed by atoms with Gasteiger partial charge in [0, 0.05) is 18.9 Å². The van der Waals surface area contributed by atoms with E-state index in [1.54, 1.807) is 13.8 Å². The van der Waals surface area contributed by atoms with Crippen LogP contribution in [0.4, 0.5) is 0 Å². The second kappa shape index (κ2) is 11.6. The van der Waals surface area contributed by atoms with Gasteiger partial charge in [0.25, 0.3) is 0 Å². The van der Waals surface area contributed by atoms with E-state index in [9.17, 15) is 9.59 Å². The largest absolute Gasteiger partial charge is 0.490 e. The first-order valence-corrected chi connectivity index (χ1v) is 8.36. The van der Waals surface area contributed by atoms with Gasteiger partial charge in [0.15, 0.2) is 16.1 Å². The van der Waals surface area contributed by atoms with Gasteiger partial charge in [-0.05, 0) is 37.8 Å². The Balaban J connectivity index is 0. The second-order valence-electron chi connectivity index (χ2n) is 4.40. The van der Waals surface area contributed by atoms with Crippen LogP contribution in [0.5, 0.6) is 5.75 Å². The number of hydrogen-bond donors (Lipinski definition) is 3. The maximum atomic E-state index is 12.0. The third-order valence-corrected chi connectivity index (χ3v) is 3.14. The molecule has 1 aromatic heterocycles. The van der Waals surface area contributed by atoms with E-state index in [2.05, 4.69) is 9.98 Å². The standard InChI is InChI=1S/C14H17N5O4S.C2H6.H2/c1-7-6-9(23-12(21)10(7)22-3)11(20)19-14(17)24-13(16)18-8(2)4-5-15;1-2;/h4-6,15H,1-3H3,(H2,16,18)(H2,17,19,20);1-2H3;1H/b8-4-,15-5?;;. The lowest BCUT2D eigenvalue weighted by molar-refractivity contribution is 0.0971. The van der Waals surface area contributed by atoms with E-state index in [4.69, 9.17) is 26.0 Å². The highest BCUT2D eigenvalue weighted by Gasteiger charge is 2.15. The monoisotopic (exact) mass is 383 g/mol. The molecule has 0 aliphatic heterocycles. The average Bonchev–Trinajstić information content (AvgIpc) is 2.56. The predicted molar refractivity (Wildman–Crippen MR) is 107 cm³/mol. The summed E-state index contributed by atoms with van der Waals surface area (Å²) in [5, 5.41) is 6.80. The minimum Gasteiger partial charge on any atom is -0.490 e. The maximum absolute atomic E-state index is 12.0. The molecule has 1 aromatic rings. The fourth-order valence-corrected chi connectivity index (χ4v) is 2.12. The molecule has 9 nitrogen and oxygen atoms in total. The van der Waals surface area contributed by atoms with Gasteiger partial charge in [-0.1, -0.05) is 13.8 Å². The number of nitrogens with two attached hydrogens (primary N) is 2. The highest BCUT2D eigenvalue weighted by atomic mass is 32.2. The quantitative estimate of drug-likeness (QED) is 0.531. The van der Waals surface area contributed by atoms with Crippen molar-refractivity contribution in [3.8, 4) is 5.75 Å². The Labute approximate surface area is 157 Å². The summed E-state index contributed by atoms with van der Waals surface area (Å²) < 4.78 is 9.71. The van der Waals surface area contributed by atoms with Crippen LogP contribution in [-0.2, 0) is 0 Å². The smallest absolute Gasteiger partial charge is 0.379 e. The first-order chi connectivity index (χ1) is 12.3. The van der Waals surface area contributed by atoms with Gasteiger partial charge in [-0.25, -0.2) is 9.79 Å². The van der Waals surface area contributed by atoms with Gasteiger partial charge in [0.2, 0.25) is 5.75 Å². The summed E-state index contributed by atoms with van der Waals surface area (Å²) >= 11 is 0.767. The molecule has 26 heavy (non-hydrogen) atoms. The van der Waals surface area contributed by atoms with Crippen molar-refractivity contribution in [2.45, 2.75) is 27.7 Å². The number of aliphatic imine (C=N–C) groups is 2. The Morgan fingerprint density at radius 3 is 2.42 bits per heavy atom. The van der Waals surface area contributed by atoms with Crippen molar-refractivity contribution in [1.29, 1.82) is 5.41 Å². The van der Waals surface area contributed by atoms with Gasteiger partial charge in [0.05, 0.1) is 7.11 Å². The zero-order valence-electron chi connectivity index (χ0n) is 15.3. The summed E-state index contributed by atoms with van der Waals surface area (Å²) in [6.07, 6.45) is 2.49. The zero-order valence-corrected chi connectivity index (χ0v) is 16.1. The van der Waals surface area contributed by atoms with Crippen LogP contribution in [-0.4, -0.2) is 29.6 Å². The molecule has 0 atom stereocenters. The number of nitrogens with zero attached hydrogens (tertiary/aromatic N) is 2. The van der Waals surface area contributed by atoms with Crippen molar-refractivity contribution < 1.29 is 15.4 Å². The van der Waals surface area contributed by atoms with Crippen molar-refractivity contribution in [3.05, 3.63) is 39.6 Å². The van der Waals surface area contributed by atoms with Gasteiger partial charge < -0.3 is 26.0 Å². The number of amidine groups is 2. The molecule has 0 aliphatic carbocycles. The van der Waals surface area contributed by atoms with Gasteiger partial charge in [-0.2, -0.15) is 4.99 Å². The van der Waals surface area contributed by atoms with E-state index in [1.165, 1.54) is 19.3 Å². The number of thioether (sulfide) groups is 1. The third kappa shape index (κ3) is 7.34. The fraction of sp³-hybridized carbons (Fsp3) is 0.312. The number of ether oxygens (including phenoxy) is 1. The lowest BCUT2D eigenvalue weighted by Gasteiger charge is -2.03. The van der Waals surface area contributed by atoms with Gasteiger partial charge in [-0.15, -0.1) is 0 Å². The fourth-order valence-electron chi connectivity index (χ4n) is 1.59. The first kappa shape index (κ1) is 23.1. The first-order valence-electron chi connectivity index (χ1n) is 7.55. The van der Waals surface area contributed by atoms with Crippen LogP contribution in [0.2, 0.25) is 0 Å². The van der Waals surface area contributed by atoms with Crippen LogP contribution in [0.1, 0.15) is 38.3 Å². The number of nitrogens with one attached hydrogen (secondary N) is 1. The molecule has 1 amide bonds. The lowest BCUT2D eigenvalue weighted by atomic mass is 10.2. The molecular weight excluding hydrogens is 358 g/mol. The number of aryl methyl sites for hydroxylation is 1. The number of rotatable bonds is 4. The molecule has 0 fully saturated rings. The highest BCUT2D eigenvalue weighted by Crippen LogP contribution is 2.14. The minimum atomic E-state index is -0.831. The van der Waals surface area contributed by atoms with E-state index >= 15 is 0 Å². The lowest BCUT2D eigenvalue weighted by Crippen LogP contribution is -2.18. The predicted octanol–water partition coefficient (Wildman–Crippen LogP) is 2.29. The van der Waals surface area contributed by atoms with Gasteiger partial charge in [0.1, 0.15) is 0 Å². The summed E-state index contributed by atoms with van der Waals surface area (Å²) in [5.74, 6) is -1.08. The van der Waals surface area contributed by atoms with Crippen LogP contribution in [0.3, 0.4) is 0 Å². The topological polar surface area (TPSA) is 157 Å². The Morgan fingerprint density at radius 2 is 1.92 bits per heavy atom. The van der Waals surface area contributed by atoms with Crippen LogP contribution in [0, 0.1) is 12.3 Å². The van der Waals surface area contributed by atoms with Crippen LogP contribution < -0.4 is 21.8 Å². The molecule has 0 aromatic carbocycles. The number of carbonyl (C=O) groups is 1. The molecule has 0 bridgehead atoms. The van der Waals surface area contributed by atoms with Gasteiger partial charge >= 0.3 is 11.5 Å². The molecule has 1 heterocycles. The molecule has 0 saturated carbocycles. The van der Waals surface area contributed by atoms with Crippen molar-refractivity contribution in [3.63, 3.8) is 0 Å². The van der Waals surface area contributed by atoms with E-state index < -0.39 is 11.5 Å². The normalized spacial score (nSPS) is 12.1. The SMILES string of the molecule is CC.COc1c(C)cc(C(=O)N=C(N)SC(N)=N/C(C)=C\C=N)oc1=O.[HH]. The highest BCUT2D eigenvalue weighted by molar-refractivity contribution is 8.26. The maximum Gasteiger partial charge on any atom is 0.379 e. The molecule has 10 heteroatoms. The zero-order chi connectivity index (χ0) is 20.3. The Morgan fingerprint density at radius 1 is 1.35 bits per heavy atom. The Bertz CT molecular complexity index is 802. The molecule has 0 saturated heterocycles. The summed E-state index contributed by atoms with van der Waals surface area (Å²) in [5.41, 5.74) is 11.4. The van der Waals surface area contributed by atoms with Crippen molar-refractivity contribution in [2.75, 3.05) is 7.11 Å². The number of amides is 1. The second-order valence-corrected chi connectivity index (χ2v) is 5.44. The summed E-state index contributed by atoms with van der Waals surface area (Å²) in [6, 6.07) is 1.33. The molecule has 1 rings (SSSR count). The number of carbonyl (C=O) groups excluding carboxylic acids is 1. The Hall–Kier alpha value is -2.88. The van der Waals surface area contributed by atoms with E-state index in [-0.39, 0.29) is 23.3 Å². The third-order valence-electron chi connectivity index (χ3n) is 2.54.